The van der Waals surface area contributed by atoms with Crippen molar-refractivity contribution in [3.8, 4) is 23.0 Å². The number of nitriles is 1. The topological polar surface area (TPSA) is 54.0 Å². The number of hydrogen-bond donors (Lipinski definition) is 0. The zero-order valence-electron chi connectivity index (χ0n) is 14.5. The third-order valence-electron chi connectivity index (χ3n) is 4.15. The fraction of sp³-hybridized carbons (Fsp3) is 0. The predicted octanol–water partition coefficient (Wildman–Crippen LogP) is 5.16. The molecule has 0 bridgehead atoms. The van der Waals surface area contributed by atoms with Gasteiger partial charge in [-0.15, -0.1) is 0 Å². The maximum Gasteiger partial charge on any atom is 0.156 e. The van der Waals surface area contributed by atoms with Crippen molar-refractivity contribution < 1.29 is 0 Å². The molecule has 0 atom stereocenters. The molecule has 0 amide bonds. The van der Waals surface area contributed by atoms with Gasteiger partial charge >= 0.3 is 0 Å². The molecule has 0 aliphatic carbocycles. The minimum atomic E-state index is 0.632. The Morgan fingerprint density at radius 2 is 1.52 bits per heavy atom. The highest BCUT2D eigenvalue weighted by Gasteiger charge is 2.10. The molecule has 0 radical (unpaired) electrons. The molecule has 0 N–H and O–H groups in total. The summed E-state index contributed by atoms with van der Waals surface area (Å²) in [5.74, 6) is 0.740. The van der Waals surface area contributed by atoms with Gasteiger partial charge in [-0.2, -0.15) is 10.4 Å². The van der Waals surface area contributed by atoms with Gasteiger partial charge in [0.2, 0.25) is 0 Å². The molecule has 1 heterocycles. The Bertz CT molecular complexity index is 1100. The van der Waals surface area contributed by atoms with E-state index in [1.807, 2.05) is 83.5 Å². The lowest BCUT2D eigenvalue weighted by molar-refractivity contribution is 0.885. The molecule has 0 saturated heterocycles. The molecule has 0 aliphatic rings. The first-order chi connectivity index (χ1) is 13.3. The van der Waals surface area contributed by atoms with Gasteiger partial charge in [-0.1, -0.05) is 60.7 Å². The van der Waals surface area contributed by atoms with E-state index in [4.69, 9.17) is 10.4 Å². The van der Waals surface area contributed by atoms with Crippen molar-refractivity contribution in [1.82, 2.24) is 9.78 Å². The van der Waals surface area contributed by atoms with Gasteiger partial charge in [-0.05, 0) is 29.8 Å². The van der Waals surface area contributed by atoms with E-state index in [0.717, 1.165) is 28.3 Å². The van der Waals surface area contributed by atoms with Gasteiger partial charge in [0.15, 0.2) is 5.82 Å². The molecule has 4 aromatic rings. The quantitative estimate of drug-likeness (QED) is 0.478. The first kappa shape index (κ1) is 16.5. The predicted molar refractivity (Wildman–Crippen MR) is 107 cm³/mol. The van der Waals surface area contributed by atoms with Gasteiger partial charge in [-0.25, -0.2) is 9.67 Å². The third kappa shape index (κ3) is 3.68. The van der Waals surface area contributed by atoms with Crippen LogP contribution in [0, 0.1) is 11.3 Å². The number of rotatable bonds is 4. The summed E-state index contributed by atoms with van der Waals surface area (Å²) in [5, 5.41) is 13.7. The van der Waals surface area contributed by atoms with Crippen LogP contribution in [0.3, 0.4) is 0 Å². The minimum absolute atomic E-state index is 0.632. The Morgan fingerprint density at radius 3 is 2.19 bits per heavy atom. The summed E-state index contributed by atoms with van der Waals surface area (Å²) >= 11 is 0. The molecule has 4 nitrogen and oxygen atoms in total. The van der Waals surface area contributed by atoms with Crippen LogP contribution in [0.5, 0.6) is 0 Å². The highest BCUT2D eigenvalue weighted by molar-refractivity contribution is 5.82. The molecule has 4 heteroatoms. The minimum Gasteiger partial charge on any atom is -0.236 e. The van der Waals surface area contributed by atoms with E-state index in [0.29, 0.717) is 5.56 Å². The lowest BCUT2D eigenvalue weighted by Crippen LogP contribution is -1.96. The standard InChI is InChI=1S/C23H16N4/c24-16-18-11-13-19(14-12-18)17-25-23-15-22(20-7-3-1-4-8-20)26-27(23)21-9-5-2-6-10-21/h1-15,17H/b25-17+. The highest BCUT2D eigenvalue weighted by Crippen LogP contribution is 2.26. The van der Waals surface area contributed by atoms with Crippen LogP contribution in [-0.4, -0.2) is 16.0 Å². The van der Waals surface area contributed by atoms with Crippen molar-refractivity contribution in [2.75, 3.05) is 0 Å². The molecule has 0 saturated carbocycles. The van der Waals surface area contributed by atoms with Gasteiger partial charge in [0.05, 0.1) is 23.0 Å². The van der Waals surface area contributed by atoms with Crippen LogP contribution >= 0.6 is 0 Å². The van der Waals surface area contributed by atoms with Crippen LogP contribution in [0.1, 0.15) is 11.1 Å². The van der Waals surface area contributed by atoms with Crippen molar-refractivity contribution >= 4 is 12.0 Å². The van der Waals surface area contributed by atoms with E-state index in [1.165, 1.54) is 0 Å². The SMILES string of the molecule is N#Cc1ccc(/C=N/c2cc(-c3ccccc3)nn2-c2ccccc2)cc1. The molecule has 1 aromatic heterocycles. The Kier molecular flexibility index (Phi) is 4.59. The summed E-state index contributed by atoms with van der Waals surface area (Å²) in [6.07, 6.45) is 1.78. The van der Waals surface area contributed by atoms with Gasteiger partial charge in [0.25, 0.3) is 0 Å². The Morgan fingerprint density at radius 1 is 0.852 bits per heavy atom. The van der Waals surface area contributed by atoms with Crippen LogP contribution < -0.4 is 0 Å². The van der Waals surface area contributed by atoms with Crippen molar-refractivity contribution in [2.24, 2.45) is 4.99 Å². The first-order valence-electron chi connectivity index (χ1n) is 8.58. The van der Waals surface area contributed by atoms with Gasteiger partial charge in [0, 0.05) is 17.8 Å². The second-order valence-electron chi connectivity index (χ2n) is 5.99. The lowest BCUT2D eigenvalue weighted by Gasteiger charge is -2.03. The maximum atomic E-state index is 8.91. The van der Waals surface area contributed by atoms with E-state index in [-0.39, 0.29) is 0 Å². The largest absolute Gasteiger partial charge is 0.236 e. The van der Waals surface area contributed by atoms with Crippen molar-refractivity contribution in [3.63, 3.8) is 0 Å². The first-order valence-corrected chi connectivity index (χ1v) is 8.58. The van der Waals surface area contributed by atoms with Crippen molar-refractivity contribution in [3.05, 3.63) is 102 Å². The van der Waals surface area contributed by atoms with E-state index in [2.05, 4.69) is 11.1 Å². The van der Waals surface area contributed by atoms with Crippen LogP contribution in [0.2, 0.25) is 0 Å². The molecule has 0 spiro atoms. The molecular formula is C23H16N4. The molecule has 0 aliphatic heterocycles. The molecule has 0 fully saturated rings. The highest BCUT2D eigenvalue weighted by atomic mass is 15.3. The van der Waals surface area contributed by atoms with E-state index in [9.17, 15) is 0 Å². The van der Waals surface area contributed by atoms with Gasteiger partial charge < -0.3 is 0 Å². The van der Waals surface area contributed by atoms with E-state index < -0.39 is 0 Å². The van der Waals surface area contributed by atoms with E-state index in [1.54, 1.807) is 18.3 Å². The number of benzene rings is 3. The molecule has 27 heavy (non-hydrogen) atoms. The summed E-state index contributed by atoms with van der Waals surface area (Å²) in [6, 6.07) is 31.4. The van der Waals surface area contributed by atoms with E-state index >= 15 is 0 Å². The summed E-state index contributed by atoms with van der Waals surface area (Å²) in [7, 11) is 0. The summed E-state index contributed by atoms with van der Waals surface area (Å²) < 4.78 is 1.84. The normalized spacial score (nSPS) is 10.8. The average molecular weight is 348 g/mol. The van der Waals surface area contributed by atoms with Crippen LogP contribution in [-0.2, 0) is 0 Å². The smallest absolute Gasteiger partial charge is 0.156 e. The Hall–Kier alpha value is -3.97. The Labute approximate surface area is 157 Å². The summed E-state index contributed by atoms with van der Waals surface area (Å²) in [5.41, 5.74) is 4.42. The number of aliphatic imine (C=N–C) groups is 1. The van der Waals surface area contributed by atoms with Crippen molar-refractivity contribution in [1.29, 1.82) is 5.26 Å². The van der Waals surface area contributed by atoms with Crippen LogP contribution in [0.25, 0.3) is 16.9 Å². The average Bonchev–Trinajstić information content (AvgIpc) is 3.18. The molecule has 128 valence electrons. The number of hydrogen-bond acceptors (Lipinski definition) is 3. The van der Waals surface area contributed by atoms with Gasteiger partial charge in [-0.3, -0.25) is 0 Å². The fourth-order valence-corrected chi connectivity index (χ4v) is 2.76. The maximum absolute atomic E-state index is 8.91. The summed E-state index contributed by atoms with van der Waals surface area (Å²) in [4.78, 5) is 4.65. The number of aromatic nitrogens is 2. The Balaban J connectivity index is 1.75. The second-order valence-corrected chi connectivity index (χ2v) is 5.99. The van der Waals surface area contributed by atoms with Crippen molar-refractivity contribution in [2.45, 2.75) is 0 Å². The van der Waals surface area contributed by atoms with Crippen LogP contribution in [0.15, 0.2) is 96.0 Å². The number of nitrogens with zero attached hydrogens (tertiary/aromatic N) is 4. The molecule has 3 aromatic carbocycles. The molecule has 0 unspecified atom stereocenters. The zero-order valence-corrected chi connectivity index (χ0v) is 14.5. The zero-order chi connectivity index (χ0) is 18.5. The second kappa shape index (κ2) is 7.51. The number of para-hydroxylation sites is 1. The van der Waals surface area contributed by atoms with Gasteiger partial charge in [0.1, 0.15) is 0 Å². The monoisotopic (exact) mass is 348 g/mol. The molecule has 4 rings (SSSR count). The van der Waals surface area contributed by atoms with Crippen LogP contribution in [0.4, 0.5) is 5.82 Å². The molecular weight excluding hydrogens is 332 g/mol. The summed E-state index contributed by atoms with van der Waals surface area (Å²) in [6.45, 7) is 0. The third-order valence-corrected chi connectivity index (χ3v) is 4.15. The lowest BCUT2D eigenvalue weighted by atomic mass is 10.1. The fourth-order valence-electron chi connectivity index (χ4n) is 2.76.